The van der Waals surface area contributed by atoms with Crippen LogP contribution in [0.3, 0.4) is 0 Å². The summed E-state index contributed by atoms with van der Waals surface area (Å²) in [7, 11) is 2.11. The third kappa shape index (κ3) is 3.20. The number of rotatable bonds is 3. The number of hydrogen-bond donors (Lipinski definition) is 0. The van der Waals surface area contributed by atoms with E-state index < -0.39 is 0 Å². The summed E-state index contributed by atoms with van der Waals surface area (Å²) in [5.41, 5.74) is 0.797. The van der Waals surface area contributed by atoms with Gasteiger partial charge in [0.05, 0.1) is 0 Å². The Bertz CT molecular complexity index is 458. The second-order valence-corrected chi connectivity index (χ2v) is 6.23. The van der Waals surface area contributed by atoms with E-state index in [9.17, 15) is 4.79 Å². The Kier molecular flexibility index (Phi) is 4.68. The number of carbonyl (C=O) groups excluding carboxylic acids is 1. The highest BCUT2D eigenvalue weighted by molar-refractivity contribution is 9.10. The summed E-state index contributed by atoms with van der Waals surface area (Å²) in [4.78, 5) is 16.9. The van der Waals surface area contributed by atoms with Crippen molar-refractivity contribution < 1.29 is 4.79 Å². The van der Waals surface area contributed by atoms with Crippen LogP contribution in [0.4, 0.5) is 0 Å². The van der Waals surface area contributed by atoms with E-state index in [1.807, 2.05) is 17.2 Å². The van der Waals surface area contributed by atoms with Crippen molar-refractivity contribution >= 4 is 21.8 Å². The maximum Gasteiger partial charge on any atom is 0.270 e. The fourth-order valence-electron chi connectivity index (χ4n) is 2.47. The molecule has 1 aromatic heterocycles. The Morgan fingerprint density at radius 1 is 1.47 bits per heavy atom. The molecule has 1 saturated heterocycles. The lowest BCUT2D eigenvalue weighted by atomic mass is 10.2. The monoisotopic (exact) mass is 327 g/mol. The van der Waals surface area contributed by atoms with Crippen LogP contribution in [0.25, 0.3) is 0 Å². The Labute approximate surface area is 123 Å². The molecule has 2 rings (SSSR count). The van der Waals surface area contributed by atoms with Gasteiger partial charge in [-0.15, -0.1) is 0 Å². The minimum Gasteiger partial charge on any atom is -0.342 e. The van der Waals surface area contributed by atoms with Gasteiger partial charge in [0.2, 0.25) is 0 Å². The van der Waals surface area contributed by atoms with Crippen molar-refractivity contribution in [2.75, 3.05) is 26.7 Å². The van der Waals surface area contributed by atoms with E-state index in [1.54, 1.807) is 0 Å². The molecule has 1 amide bonds. The van der Waals surface area contributed by atoms with Gasteiger partial charge in [0.15, 0.2) is 0 Å². The first-order valence-corrected chi connectivity index (χ1v) is 7.67. The molecule has 1 atom stereocenters. The Morgan fingerprint density at radius 2 is 2.21 bits per heavy atom. The van der Waals surface area contributed by atoms with Gasteiger partial charge in [-0.1, -0.05) is 6.92 Å². The summed E-state index contributed by atoms with van der Waals surface area (Å²) < 4.78 is 3.03. The van der Waals surface area contributed by atoms with E-state index in [2.05, 4.69) is 46.3 Å². The second-order valence-electron chi connectivity index (χ2n) is 5.32. The fourth-order valence-corrected chi connectivity index (χ4v) is 2.94. The first kappa shape index (κ1) is 14.6. The number of likely N-dealkylation sites (N-methyl/N-ethyl adjacent to an activating group) is 1. The predicted molar refractivity (Wildman–Crippen MR) is 80.4 cm³/mol. The molecule has 19 heavy (non-hydrogen) atoms. The van der Waals surface area contributed by atoms with E-state index in [0.29, 0.717) is 6.04 Å². The van der Waals surface area contributed by atoms with Gasteiger partial charge in [-0.25, -0.2) is 0 Å². The van der Waals surface area contributed by atoms with E-state index in [-0.39, 0.29) is 5.91 Å². The molecule has 0 saturated carbocycles. The smallest absolute Gasteiger partial charge is 0.270 e. The van der Waals surface area contributed by atoms with Crippen LogP contribution < -0.4 is 0 Å². The fraction of sp³-hybridized carbons (Fsp3) is 0.643. The zero-order valence-corrected chi connectivity index (χ0v) is 13.5. The van der Waals surface area contributed by atoms with Crippen LogP contribution in [-0.2, 0) is 6.54 Å². The van der Waals surface area contributed by atoms with E-state index in [4.69, 9.17) is 0 Å². The molecule has 0 N–H and O–H groups in total. The van der Waals surface area contributed by atoms with Crippen LogP contribution in [0.1, 0.15) is 30.8 Å². The molecular formula is C14H22BrN3O. The summed E-state index contributed by atoms with van der Waals surface area (Å²) in [6, 6.07) is 2.36. The summed E-state index contributed by atoms with van der Waals surface area (Å²) in [5.74, 6) is 0.152. The Hall–Kier alpha value is -0.810. The van der Waals surface area contributed by atoms with Crippen LogP contribution in [0, 0.1) is 0 Å². The third-order valence-corrected chi connectivity index (χ3v) is 4.23. The van der Waals surface area contributed by atoms with E-state index in [1.165, 1.54) is 0 Å². The Balaban J connectivity index is 2.15. The molecule has 0 radical (unpaired) electrons. The first-order chi connectivity index (χ1) is 9.02. The average molecular weight is 328 g/mol. The van der Waals surface area contributed by atoms with Crippen molar-refractivity contribution in [1.29, 1.82) is 0 Å². The largest absolute Gasteiger partial charge is 0.342 e. The number of aryl methyl sites for hydroxylation is 1. The van der Waals surface area contributed by atoms with Gasteiger partial charge >= 0.3 is 0 Å². The molecule has 0 bridgehead atoms. The van der Waals surface area contributed by atoms with Crippen LogP contribution >= 0.6 is 15.9 Å². The number of halogens is 1. The third-order valence-electron chi connectivity index (χ3n) is 3.79. The number of hydrogen-bond acceptors (Lipinski definition) is 2. The normalized spacial score (nSPS) is 20.8. The quantitative estimate of drug-likeness (QED) is 0.853. The summed E-state index contributed by atoms with van der Waals surface area (Å²) in [6.45, 7) is 7.75. The number of nitrogens with zero attached hydrogens (tertiary/aromatic N) is 3. The molecule has 2 heterocycles. The molecule has 0 aliphatic carbocycles. The molecule has 1 aliphatic rings. The standard InChI is InChI=1S/C14H22BrN3O/c1-4-5-17-10-12(15)8-13(17)14(19)18-7-6-16(3)11(2)9-18/h8,10-11H,4-7,9H2,1-3H3. The van der Waals surface area contributed by atoms with Crippen LogP contribution in [-0.4, -0.2) is 53.0 Å². The van der Waals surface area contributed by atoms with Gasteiger partial charge in [0.1, 0.15) is 5.69 Å². The lowest BCUT2D eigenvalue weighted by Gasteiger charge is -2.37. The zero-order chi connectivity index (χ0) is 14.0. The average Bonchev–Trinajstić information content (AvgIpc) is 2.73. The minimum atomic E-state index is 0.152. The van der Waals surface area contributed by atoms with Gasteiger partial charge in [-0.2, -0.15) is 0 Å². The number of aromatic nitrogens is 1. The van der Waals surface area contributed by atoms with Crippen LogP contribution in [0.2, 0.25) is 0 Å². The van der Waals surface area contributed by atoms with Gasteiger partial charge in [0, 0.05) is 42.9 Å². The van der Waals surface area contributed by atoms with Crippen molar-refractivity contribution in [3.8, 4) is 0 Å². The zero-order valence-electron chi connectivity index (χ0n) is 11.9. The molecule has 1 aliphatic heterocycles. The van der Waals surface area contributed by atoms with E-state index >= 15 is 0 Å². The SMILES string of the molecule is CCCn1cc(Br)cc1C(=O)N1CCN(C)C(C)C1. The molecule has 1 unspecified atom stereocenters. The summed E-state index contributed by atoms with van der Waals surface area (Å²) in [6.07, 6.45) is 3.02. The molecule has 106 valence electrons. The van der Waals surface area contributed by atoms with Gasteiger partial charge < -0.3 is 14.4 Å². The van der Waals surface area contributed by atoms with Crippen molar-refractivity contribution in [3.63, 3.8) is 0 Å². The topological polar surface area (TPSA) is 28.5 Å². The molecule has 5 heteroatoms. The van der Waals surface area contributed by atoms with Crippen LogP contribution in [0.15, 0.2) is 16.7 Å². The number of carbonyl (C=O) groups is 1. The maximum atomic E-state index is 12.6. The van der Waals surface area contributed by atoms with Gasteiger partial charge in [-0.3, -0.25) is 4.79 Å². The lowest BCUT2D eigenvalue weighted by molar-refractivity contribution is 0.0562. The van der Waals surface area contributed by atoms with Crippen molar-refractivity contribution in [3.05, 3.63) is 22.4 Å². The number of piperazine rings is 1. The number of amides is 1. The van der Waals surface area contributed by atoms with Crippen molar-refractivity contribution in [1.82, 2.24) is 14.4 Å². The minimum absolute atomic E-state index is 0.152. The lowest BCUT2D eigenvalue weighted by Crippen LogP contribution is -2.52. The second kappa shape index (κ2) is 6.09. The van der Waals surface area contributed by atoms with Crippen molar-refractivity contribution in [2.45, 2.75) is 32.9 Å². The molecule has 1 aromatic rings. The summed E-state index contributed by atoms with van der Waals surface area (Å²) in [5, 5.41) is 0. The highest BCUT2D eigenvalue weighted by Crippen LogP contribution is 2.19. The van der Waals surface area contributed by atoms with Crippen LogP contribution in [0.5, 0.6) is 0 Å². The van der Waals surface area contributed by atoms with Gasteiger partial charge in [0.25, 0.3) is 5.91 Å². The molecule has 0 spiro atoms. The first-order valence-electron chi connectivity index (χ1n) is 6.88. The van der Waals surface area contributed by atoms with Crippen molar-refractivity contribution in [2.24, 2.45) is 0 Å². The van der Waals surface area contributed by atoms with E-state index in [0.717, 1.165) is 42.8 Å². The van der Waals surface area contributed by atoms with Gasteiger partial charge in [-0.05, 0) is 42.4 Å². The highest BCUT2D eigenvalue weighted by Gasteiger charge is 2.26. The molecule has 4 nitrogen and oxygen atoms in total. The molecule has 1 fully saturated rings. The molecule has 0 aromatic carbocycles. The highest BCUT2D eigenvalue weighted by atomic mass is 79.9. The molecular weight excluding hydrogens is 306 g/mol. The maximum absolute atomic E-state index is 12.6. The predicted octanol–water partition coefficient (Wildman–Crippen LogP) is 2.44. The Morgan fingerprint density at radius 3 is 2.84 bits per heavy atom. The summed E-state index contributed by atoms with van der Waals surface area (Å²) >= 11 is 3.47.